The molecule has 3 rings (SSSR count). The molecular formula is C18H19N3O2S. The molecule has 2 amide bonds. The number of carbonyl (C=O) groups excluding carboxylic acids is 1. The molecule has 0 radical (unpaired) electrons. The highest BCUT2D eigenvalue weighted by molar-refractivity contribution is 7.80. The van der Waals surface area contributed by atoms with E-state index in [2.05, 4.69) is 10.6 Å². The van der Waals surface area contributed by atoms with Gasteiger partial charge < -0.3 is 15.4 Å². The van der Waals surface area contributed by atoms with Crippen molar-refractivity contribution in [3.8, 4) is 11.5 Å². The van der Waals surface area contributed by atoms with Gasteiger partial charge in [-0.2, -0.15) is 0 Å². The Morgan fingerprint density at radius 1 is 1.12 bits per heavy atom. The lowest BCUT2D eigenvalue weighted by molar-refractivity contribution is 0.233. The lowest BCUT2D eigenvalue weighted by Gasteiger charge is -2.18. The number of rotatable bonds is 3. The van der Waals surface area contributed by atoms with E-state index in [4.69, 9.17) is 17.0 Å². The molecule has 6 heteroatoms. The van der Waals surface area contributed by atoms with E-state index in [-0.39, 0.29) is 11.6 Å². The Labute approximate surface area is 146 Å². The van der Waals surface area contributed by atoms with E-state index in [1.807, 2.05) is 56.3 Å². The normalized spacial score (nSPS) is 15.8. The third-order valence-electron chi connectivity index (χ3n) is 3.57. The molecule has 0 saturated carbocycles. The van der Waals surface area contributed by atoms with Crippen LogP contribution in [0.5, 0.6) is 11.5 Å². The van der Waals surface area contributed by atoms with Crippen LogP contribution in [0.3, 0.4) is 0 Å². The van der Waals surface area contributed by atoms with Crippen molar-refractivity contribution in [2.45, 2.75) is 19.4 Å². The number of ether oxygens (including phenoxy) is 1. The summed E-state index contributed by atoms with van der Waals surface area (Å²) in [5.41, 5.74) is 0.481. The number of amides is 2. The van der Waals surface area contributed by atoms with Gasteiger partial charge in [0.25, 0.3) is 0 Å². The molecule has 5 nitrogen and oxygen atoms in total. The lowest BCUT2D eigenvalue weighted by atomic mass is 10.1. The minimum Gasteiger partial charge on any atom is -0.457 e. The molecule has 0 unspecified atom stereocenters. The molecular weight excluding hydrogens is 322 g/mol. The van der Waals surface area contributed by atoms with Crippen LogP contribution in [0.1, 0.15) is 13.8 Å². The van der Waals surface area contributed by atoms with Gasteiger partial charge in [0.05, 0.1) is 12.1 Å². The smallest absolute Gasteiger partial charge is 0.328 e. The first-order valence-corrected chi connectivity index (χ1v) is 8.07. The average molecular weight is 341 g/mol. The molecule has 2 N–H and O–H groups in total. The molecule has 1 heterocycles. The summed E-state index contributed by atoms with van der Waals surface area (Å²) in [5, 5.41) is 6.42. The first kappa shape index (κ1) is 16.3. The van der Waals surface area contributed by atoms with E-state index >= 15 is 0 Å². The highest BCUT2D eigenvalue weighted by Crippen LogP contribution is 2.23. The molecule has 0 atom stereocenters. The number of carbonyl (C=O) groups is 1. The molecule has 1 saturated heterocycles. The molecule has 0 aliphatic carbocycles. The molecule has 0 bridgehead atoms. The van der Waals surface area contributed by atoms with Gasteiger partial charge in [0, 0.05) is 5.69 Å². The maximum absolute atomic E-state index is 12.3. The molecule has 2 aromatic carbocycles. The largest absolute Gasteiger partial charge is 0.457 e. The predicted molar refractivity (Wildman–Crippen MR) is 98.5 cm³/mol. The zero-order chi connectivity index (χ0) is 17.2. The van der Waals surface area contributed by atoms with E-state index in [1.54, 1.807) is 12.1 Å². The maximum atomic E-state index is 12.3. The van der Waals surface area contributed by atoms with Crippen molar-refractivity contribution in [2.24, 2.45) is 0 Å². The minimum atomic E-state index is -0.241. The van der Waals surface area contributed by atoms with E-state index < -0.39 is 0 Å². The van der Waals surface area contributed by atoms with E-state index in [0.29, 0.717) is 23.1 Å². The first-order chi connectivity index (χ1) is 11.4. The molecule has 2 aromatic rings. The third-order valence-corrected chi connectivity index (χ3v) is 3.90. The number of nitrogens with zero attached hydrogens (tertiary/aromatic N) is 1. The van der Waals surface area contributed by atoms with Crippen LogP contribution in [-0.4, -0.2) is 28.1 Å². The monoisotopic (exact) mass is 341 g/mol. The van der Waals surface area contributed by atoms with E-state index in [0.717, 1.165) is 5.75 Å². The molecule has 1 aliphatic heterocycles. The maximum Gasteiger partial charge on any atom is 0.328 e. The zero-order valence-corrected chi connectivity index (χ0v) is 14.4. The number of para-hydroxylation sites is 1. The highest BCUT2D eigenvalue weighted by Gasteiger charge is 2.35. The summed E-state index contributed by atoms with van der Waals surface area (Å²) >= 11 is 5.21. The average Bonchev–Trinajstić information content (AvgIpc) is 2.83. The summed E-state index contributed by atoms with van der Waals surface area (Å²) in [6.07, 6.45) is 0. The van der Waals surface area contributed by atoms with Crippen LogP contribution in [0, 0.1) is 0 Å². The van der Waals surface area contributed by atoms with Crippen molar-refractivity contribution in [3.63, 3.8) is 0 Å². The zero-order valence-electron chi connectivity index (χ0n) is 13.6. The standard InChI is InChI=1S/C18H19N3O2S/c1-18(2)12-21(17(24)20-18)16(22)19-13-8-10-15(11-9-13)23-14-6-4-3-5-7-14/h3-11H,12H2,1-2H3,(H,19,22)(H,20,24). The SMILES string of the molecule is CC1(C)CN(C(=O)Nc2ccc(Oc3ccccc3)cc2)C(=S)N1. The summed E-state index contributed by atoms with van der Waals surface area (Å²) in [7, 11) is 0. The number of hydrogen-bond donors (Lipinski definition) is 2. The third kappa shape index (κ3) is 3.83. The van der Waals surface area contributed by atoms with Crippen molar-refractivity contribution in [1.29, 1.82) is 0 Å². The van der Waals surface area contributed by atoms with Crippen molar-refractivity contribution in [2.75, 3.05) is 11.9 Å². The highest BCUT2D eigenvalue weighted by atomic mass is 32.1. The summed E-state index contributed by atoms with van der Waals surface area (Å²) in [6, 6.07) is 16.5. The van der Waals surface area contributed by atoms with Gasteiger partial charge in [0.15, 0.2) is 5.11 Å². The molecule has 1 aliphatic rings. The summed E-state index contributed by atoms with van der Waals surface area (Å²) in [6.45, 7) is 4.54. The number of urea groups is 1. The molecule has 24 heavy (non-hydrogen) atoms. The second-order valence-corrected chi connectivity index (χ2v) is 6.66. The van der Waals surface area contributed by atoms with Crippen LogP contribution >= 0.6 is 12.2 Å². The second kappa shape index (κ2) is 6.49. The van der Waals surface area contributed by atoms with E-state index in [9.17, 15) is 4.79 Å². The topological polar surface area (TPSA) is 53.6 Å². The van der Waals surface area contributed by atoms with Crippen LogP contribution in [0.4, 0.5) is 10.5 Å². The van der Waals surface area contributed by atoms with Gasteiger partial charge in [-0.3, -0.25) is 4.90 Å². The fourth-order valence-electron chi connectivity index (χ4n) is 2.45. The van der Waals surface area contributed by atoms with Crippen molar-refractivity contribution in [1.82, 2.24) is 10.2 Å². The van der Waals surface area contributed by atoms with Gasteiger partial charge in [-0.1, -0.05) is 18.2 Å². The Morgan fingerprint density at radius 3 is 2.33 bits per heavy atom. The Kier molecular flexibility index (Phi) is 4.40. The van der Waals surface area contributed by atoms with Crippen LogP contribution in [0.2, 0.25) is 0 Å². The van der Waals surface area contributed by atoms with Crippen molar-refractivity contribution < 1.29 is 9.53 Å². The van der Waals surface area contributed by atoms with Crippen LogP contribution in [-0.2, 0) is 0 Å². The summed E-state index contributed by atoms with van der Waals surface area (Å²) < 4.78 is 5.73. The predicted octanol–water partition coefficient (Wildman–Crippen LogP) is 3.98. The number of anilines is 1. The Hall–Kier alpha value is -2.60. The fraction of sp³-hybridized carbons (Fsp3) is 0.222. The summed E-state index contributed by atoms with van der Waals surface area (Å²) in [5.74, 6) is 1.48. The number of thiocarbonyl (C=S) groups is 1. The van der Waals surface area contributed by atoms with Gasteiger partial charge in [-0.25, -0.2) is 4.79 Å². The molecule has 0 spiro atoms. The molecule has 124 valence electrons. The minimum absolute atomic E-state index is 0.207. The Balaban J connectivity index is 1.62. The number of nitrogens with one attached hydrogen (secondary N) is 2. The van der Waals surface area contributed by atoms with Gasteiger partial charge >= 0.3 is 6.03 Å². The first-order valence-electron chi connectivity index (χ1n) is 7.67. The molecule has 1 fully saturated rings. The Bertz CT molecular complexity index is 745. The van der Waals surface area contributed by atoms with E-state index in [1.165, 1.54) is 4.90 Å². The Morgan fingerprint density at radius 2 is 1.75 bits per heavy atom. The van der Waals surface area contributed by atoms with Crippen LogP contribution in [0.25, 0.3) is 0 Å². The quantitative estimate of drug-likeness (QED) is 0.829. The van der Waals surface area contributed by atoms with Gasteiger partial charge in [-0.05, 0) is 62.5 Å². The van der Waals surface area contributed by atoms with Crippen molar-refractivity contribution in [3.05, 3.63) is 54.6 Å². The van der Waals surface area contributed by atoms with Crippen molar-refractivity contribution >= 4 is 29.0 Å². The van der Waals surface area contributed by atoms with Gasteiger partial charge in [-0.15, -0.1) is 0 Å². The van der Waals surface area contributed by atoms with Gasteiger partial charge in [0.1, 0.15) is 11.5 Å². The van der Waals surface area contributed by atoms with Crippen LogP contribution < -0.4 is 15.4 Å². The fourth-order valence-corrected chi connectivity index (χ4v) is 2.87. The van der Waals surface area contributed by atoms with Crippen LogP contribution in [0.15, 0.2) is 54.6 Å². The number of benzene rings is 2. The molecule has 0 aromatic heterocycles. The summed E-state index contributed by atoms with van der Waals surface area (Å²) in [4.78, 5) is 13.9. The lowest BCUT2D eigenvalue weighted by Crippen LogP contribution is -2.37. The second-order valence-electron chi connectivity index (χ2n) is 6.27. The van der Waals surface area contributed by atoms with Gasteiger partial charge in [0.2, 0.25) is 0 Å². The number of hydrogen-bond acceptors (Lipinski definition) is 3.